The van der Waals surface area contributed by atoms with E-state index in [-0.39, 0.29) is 11.8 Å². The molecule has 1 N–H and O–H groups in total. The molecule has 0 aliphatic carbocycles. The van der Waals surface area contributed by atoms with Gasteiger partial charge in [-0.1, -0.05) is 37.3 Å². The van der Waals surface area contributed by atoms with Gasteiger partial charge in [0.15, 0.2) is 0 Å². The fraction of sp³-hybridized carbons (Fsp3) is 0.154. The monoisotopic (exact) mass is 437 g/mol. The summed E-state index contributed by atoms with van der Waals surface area (Å²) in [7, 11) is 0. The van der Waals surface area contributed by atoms with Crippen LogP contribution >= 0.6 is 0 Å². The number of amides is 1. The minimum absolute atomic E-state index is 0.209. The first-order valence-electron chi connectivity index (χ1n) is 10.6. The number of nitrogens with one attached hydrogen (secondary N) is 1. The molecule has 0 radical (unpaired) electrons. The number of nitriles is 1. The van der Waals surface area contributed by atoms with E-state index in [1.807, 2.05) is 48.9 Å². The molecular weight excluding hydrogens is 414 g/mol. The summed E-state index contributed by atoms with van der Waals surface area (Å²) in [4.78, 5) is 17.1. The van der Waals surface area contributed by atoms with E-state index in [1.54, 1.807) is 42.7 Å². The van der Waals surface area contributed by atoms with Crippen LogP contribution in [0.5, 0.6) is 11.6 Å². The van der Waals surface area contributed by atoms with Crippen molar-refractivity contribution in [3.8, 4) is 17.7 Å². The van der Waals surface area contributed by atoms with Gasteiger partial charge in [0.1, 0.15) is 17.4 Å². The molecule has 7 heteroatoms. The van der Waals surface area contributed by atoms with Gasteiger partial charge in [-0.25, -0.2) is 4.98 Å². The van der Waals surface area contributed by atoms with Crippen LogP contribution < -0.4 is 10.1 Å². The van der Waals surface area contributed by atoms with Crippen LogP contribution in [-0.4, -0.2) is 20.7 Å². The predicted octanol–water partition coefficient (Wildman–Crippen LogP) is 5.11. The molecule has 0 atom stereocenters. The van der Waals surface area contributed by atoms with E-state index in [9.17, 15) is 10.1 Å². The SMILES string of the molecule is CCc1c(C(=O)Nc2ccc(Oc3ncccc3C#N)cc2C)cnn1Cc1ccccc1. The molecule has 0 aliphatic heterocycles. The van der Waals surface area contributed by atoms with Gasteiger partial charge in [-0.05, 0) is 54.8 Å². The van der Waals surface area contributed by atoms with Gasteiger partial charge in [0.25, 0.3) is 5.91 Å². The van der Waals surface area contributed by atoms with Crippen molar-refractivity contribution in [2.24, 2.45) is 0 Å². The van der Waals surface area contributed by atoms with Crippen molar-refractivity contribution in [1.82, 2.24) is 14.8 Å². The molecular formula is C26H23N5O2. The molecule has 0 aliphatic rings. The highest BCUT2D eigenvalue weighted by atomic mass is 16.5. The van der Waals surface area contributed by atoms with Gasteiger partial charge < -0.3 is 10.1 Å². The number of aromatic nitrogens is 3. The van der Waals surface area contributed by atoms with E-state index in [1.165, 1.54) is 0 Å². The van der Waals surface area contributed by atoms with Crippen molar-refractivity contribution in [1.29, 1.82) is 5.26 Å². The number of ether oxygens (including phenoxy) is 1. The van der Waals surface area contributed by atoms with Crippen molar-refractivity contribution in [3.05, 3.63) is 101 Å². The molecule has 0 spiro atoms. The van der Waals surface area contributed by atoms with Gasteiger partial charge in [0, 0.05) is 11.9 Å². The smallest absolute Gasteiger partial charge is 0.259 e. The zero-order chi connectivity index (χ0) is 23.2. The zero-order valence-corrected chi connectivity index (χ0v) is 18.4. The number of aryl methyl sites for hydroxylation is 1. The molecule has 2 aromatic carbocycles. The summed E-state index contributed by atoms with van der Waals surface area (Å²) >= 11 is 0. The number of hydrogen-bond donors (Lipinski definition) is 1. The van der Waals surface area contributed by atoms with Crippen LogP contribution in [0.2, 0.25) is 0 Å². The quantitative estimate of drug-likeness (QED) is 0.433. The first-order valence-corrected chi connectivity index (χ1v) is 10.6. The second-order valence-corrected chi connectivity index (χ2v) is 7.50. The lowest BCUT2D eigenvalue weighted by Gasteiger charge is -2.12. The van der Waals surface area contributed by atoms with Crippen LogP contribution in [0.15, 0.2) is 73.1 Å². The van der Waals surface area contributed by atoms with E-state index in [0.717, 1.165) is 16.8 Å². The summed E-state index contributed by atoms with van der Waals surface area (Å²) in [5, 5.41) is 16.6. The minimum Gasteiger partial charge on any atom is -0.438 e. The first-order chi connectivity index (χ1) is 16.1. The first kappa shape index (κ1) is 21.8. The van der Waals surface area contributed by atoms with Crippen LogP contribution in [0.1, 0.15) is 39.7 Å². The zero-order valence-electron chi connectivity index (χ0n) is 18.4. The highest BCUT2D eigenvalue weighted by Gasteiger charge is 2.17. The molecule has 4 rings (SSSR count). The topological polar surface area (TPSA) is 92.8 Å². The maximum atomic E-state index is 13.0. The van der Waals surface area contributed by atoms with E-state index in [0.29, 0.717) is 35.5 Å². The maximum absolute atomic E-state index is 13.0. The number of pyridine rings is 1. The predicted molar refractivity (Wildman–Crippen MR) is 125 cm³/mol. The Kier molecular flexibility index (Phi) is 6.46. The van der Waals surface area contributed by atoms with Gasteiger partial charge in [0.05, 0.1) is 24.0 Å². The fourth-order valence-electron chi connectivity index (χ4n) is 3.56. The van der Waals surface area contributed by atoms with Crippen molar-refractivity contribution >= 4 is 11.6 Å². The van der Waals surface area contributed by atoms with Crippen LogP contribution in [0.3, 0.4) is 0 Å². The Bertz CT molecular complexity index is 1320. The highest BCUT2D eigenvalue weighted by Crippen LogP contribution is 2.27. The fourth-order valence-corrected chi connectivity index (χ4v) is 3.56. The third-order valence-corrected chi connectivity index (χ3v) is 5.26. The molecule has 0 fully saturated rings. The molecule has 164 valence electrons. The van der Waals surface area contributed by atoms with Gasteiger partial charge in [-0.3, -0.25) is 9.48 Å². The van der Waals surface area contributed by atoms with E-state index >= 15 is 0 Å². The number of nitrogens with zero attached hydrogens (tertiary/aromatic N) is 4. The Labute approximate surface area is 192 Å². The molecule has 0 unspecified atom stereocenters. The highest BCUT2D eigenvalue weighted by molar-refractivity contribution is 6.05. The average Bonchev–Trinajstić information content (AvgIpc) is 3.24. The van der Waals surface area contributed by atoms with Gasteiger partial charge in [-0.2, -0.15) is 10.4 Å². The van der Waals surface area contributed by atoms with Gasteiger partial charge >= 0.3 is 0 Å². The summed E-state index contributed by atoms with van der Waals surface area (Å²) < 4.78 is 7.63. The molecule has 33 heavy (non-hydrogen) atoms. The van der Waals surface area contributed by atoms with Crippen LogP contribution in [0.25, 0.3) is 0 Å². The average molecular weight is 438 g/mol. The Morgan fingerprint density at radius 3 is 2.70 bits per heavy atom. The Morgan fingerprint density at radius 1 is 1.15 bits per heavy atom. The molecule has 0 saturated carbocycles. The lowest BCUT2D eigenvalue weighted by atomic mass is 10.1. The van der Waals surface area contributed by atoms with Crippen LogP contribution in [0.4, 0.5) is 5.69 Å². The largest absolute Gasteiger partial charge is 0.438 e. The molecule has 4 aromatic rings. The number of carbonyl (C=O) groups is 1. The lowest BCUT2D eigenvalue weighted by molar-refractivity contribution is 0.102. The van der Waals surface area contributed by atoms with Crippen LogP contribution in [0, 0.1) is 18.3 Å². The van der Waals surface area contributed by atoms with Crippen molar-refractivity contribution < 1.29 is 9.53 Å². The molecule has 2 aromatic heterocycles. The van der Waals surface area contributed by atoms with E-state index in [4.69, 9.17) is 4.74 Å². The van der Waals surface area contributed by atoms with Crippen molar-refractivity contribution in [2.45, 2.75) is 26.8 Å². The number of carbonyl (C=O) groups excluding carboxylic acids is 1. The Hall–Kier alpha value is -4.44. The minimum atomic E-state index is -0.209. The summed E-state index contributed by atoms with van der Waals surface area (Å²) in [6.45, 7) is 4.51. The van der Waals surface area contributed by atoms with Crippen molar-refractivity contribution in [2.75, 3.05) is 5.32 Å². The summed E-state index contributed by atoms with van der Waals surface area (Å²) in [5.41, 5.74) is 4.42. The number of rotatable bonds is 7. The Balaban J connectivity index is 1.50. The number of hydrogen-bond acceptors (Lipinski definition) is 5. The number of benzene rings is 2. The normalized spacial score (nSPS) is 10.5. The third-order valence-electron chi connectivity index (χ3n) is 5.26. The summed E-state index contributed by atoms with van der Waals surface area (Å²) in [6, 6.07) is 20.7. The standard InChI is InChI=1S/C26H23N5O2/c1-3-24-22(16-29-31(24)17-19-8-5-4-6-9-19)25(32)30-23-12-11-21(14-18(23)2)33-26-20(15-27)10-7-13-28-26/h4-14,16H,3,17H2,1-2H3,(H,30,32). The van der Waals surface area contributed by atoms with Crippen molar-refractivity contribution in [3.63, 3.8) is 0 Å². The second kappa shape index (κ2) is 9.79. The van der Waals surface area contributed by atoms with E-state index in [2.05, 4.69) is 21.5 Å². The van der Waals surface area contributed by atoms with Gasteiger partial charge in [-0.15, -0.1) is 0 Å². The maximum Gasteiger partial charge on any atom is 0.259 e. The molecule has 1 amide bonds. The number of anilines is 1. The molecule has 0 saturated heterocycles. The Morgan fingerprint density at radius 2 is 1.97 bits per heavy atom. The molecule has 2 heterocycles. The summed E-state index contributed by atoms with van der Waals surface area (Å²) in [6.07, 6.45) is 3.88. The lowest BCUT2D eigenvalue weighted by Crippen LogP contribution is -2.15. The summed E-state index contributed by atoms with van der Waals surface area (Å²) in [5.74, 6) is 0.569. The van der Waals surface area contributed by atoms with Gasteiger partial charge in [0.2, 0.25) is 5.88 Å². The third kappa shape index (κ3) is 4.91. The van der Waals surface area contributed by atoms with Crippen LogP contribution in [-0.2, 0) is 13.0 Å². The molecule has 7 nitrogen and oxygen atoms in total. The molecule has 0 bridgehead atoms. The van der Waals surface area contributed by atoms with E-state index < -0.39 is 0 Å². The second-order valence-electron chi connectivity index (χ2n) is 7.50.